The quantitative estimate of drug-likeness (QED) is 0.385. The molecule has 0 heterocycles. The molecule has 2 aromatic carbocycles. The lowest BCUT2D eigenvalue weighted by molar-refractivity contribution is -0.120. The lowest BCUT2D eigenvalue weighted by atomic mass is 10.0. The summed E-state index contributed by atoms with van der Waals surface area (Å²) in [5, 5.41) is 12.2. The molecule has 148 valence electrons. The third-order valence-electron chi connectivity index (χ3n) is 4.55. The molecule has 0 aliphatic rings. The number of fused-ring (bicyclic) bond motifs is 1. The fourth-order valence-electron chi connectivity index (χ4n) is 3.01. The van der Waals surface area contributed by atoms with Gasteiger partial charge < -0.3 is 21.7 Å². The first-order valence-corrected chi connectivity index (χ1v) is 10.2. The highest BCUT2D eigenvalue weighted by molar-refractivity contribution is 5.85. The average molecular weight is 371 g/mol. The summed E-state index contributed by atoms with van der Waals surface area (Å²) >= 11 is 0. The molecule has 2 aromatic rings. The molecule has 0 atom stereocenters. The largest absolute Gasteiger partial charge is 0.356 e. The Hall–Kier alpha value is -1.95. The van der Waals surface area contributed by atoms with Gasteiger partial charge >= 0.3 is 0 Å². The van der Waals surface area contributed by atoms with Gasteiger partial charge in [0.15, 0.2) is 0 Å². The Morgan fingerprint density at radius 2 is 1.44 bits per heavy atom. The minimum atomic E-state index is 0.0915. The smallest absolute Gasteiger partial charge is 0.224 e. The summed E-state index contributed by atoms with van der Waals surface area (Å²) in [4.78, 5) is 12.1. The molecule has 0 fully saturated rings. The molecule has 2 rings (SSSR count). The predicted octanol–water partition coefficient (Wildman–Crippen LogP) is 2.20. The van der Waals surface area contributed by atoms with Crippen molar-refractivity contribution >= 4 is 16.7 Å². The summed E-state index contributed by atoms with van der Waals surface area (Å²) in [6.07, 6.45) is 4.79. The number of hydrogen-bond donors (Lipinski definition) is 4. The van der Waals surface area contributed by atoms with E-state index in [-0.39, 0.29) is 5.91 Å². The molecule has 27 heavy (non-hydrogen) atoms. The van der Waals surface area contributed by atoms with Crippen LogP contribution in [0.5, 0.6) is 0 Å². The van der Waals surface area contributed by atoms with Crippen molar-refractivity contribution in [3.8, 4) is 0 Å². The van der Waals surface area contributed by atoms with Crippen molar-refractivity contribution in [2.24, 2.45) is 5.73 Å². The maximum absolute atomic E-state index is 12.1. The maximum Gasteiger partial charge on any atom is 0.224 e. The molecule has 0 radical (unpaired) electrons. The van der Waals surface area contributed by atoms with Crippen molar-refractivity contribution in [3.05, 3.63) is 48.0 Å². The average Bonchev–Trinajstić information content (AvgIpc) is 2.68. The topological polar surface area (TPSA) is 79.2 Å². The molecule has 0 saturated carbocycles. The fraction of sp³-hybridized carbons (Fsp3) is 0.500. The van der Waals surface area contributed by atoms with Crippen molar-refractivity contribution in [1.82, 2.24) is 16.0 Å². The summed E-state index contributed by atoms with van der Waals surface area (Å²) in [7, 11) is 0. The summed E-state index contributed by atoms with van der Waals surface area (Å²) in [6, 6.07) is 14.4. The van der Waals surface area contributed by atoms with E-state index in [0.717, 1.165) is 57.7 Å². The van der Waals surface area contributed by atoms with Gasteiger partial charge in [0.25, 0.3) is 0 Å². The van der Waals surface area contributed by atoms with E-state index in [4.69, 9.17) is 5.73 Å². The number of nitrogens with two attached hydrogens (primary N) is 1. The number of unbranched alkanes of at least 4 members (excludes halogenated alkanes) is 1. The SMILES string of the molecule is NCCCNCCCCNCCCNC(=O)Cc1ccc2ccccc2c1. The standard InChI is InChI=1S/C22H34N4O/c23-11-5-14-24-12-3-4-13-25-15-6-16-26-22(27)18-19-9-10-20-7-1-2-8-21(20)17-19/h1-2,7-10,17,24-25H,3-6,11-16,18,23H2,(H,26,27). The Balaban J connectivity index is 1.47. The van der Waals surface area contributed by atoms with Crippen molar-refractivity contribution in [3.63, 3.8) is 0 Å². The van der Waals surface area contributed by atoms with E-state index in [1.807, 2.05) is 18.2 Å². The van der Waals surface area contributed by atoms with E-state index in [2.05, 4.69) is 40.2 Å². The van der Waals surface area contributed by atoms with Crippen LogP contribution in [0.25, 0.3) is 10.8 Å². The second-order valence-electron chi connectivity index (χ2n) is 6.91. The molecule has 0 aromatic heterocycles. The zero-order chi connectivity index (χ0) is 19.2. The van der Waals surface area contributed by atoms with Crippen molar-refractivity contribution in [2.45, 2.75) is 32.1 Å². The highest BCUT2D eigenvalue weighted by Gasteiger charge is 2.03. The van der Waals surface area contributed by atoms with E-state index in [1.165, 1.54) is 23.6 Å². The Labute approximate surface area is 163 Å². The van der Waals surface area contributed by atoms with Gasteiger partial charge in [-0.2, -0.15) is 0 Å². The molecule has 5 heteroatoms. The van der Waals surface area contributed by atoms with E-state index in [9.17, 15) is 4.79 Å². The first kappa shape index (κ1) is 21.4. The number of nitrogens with one attached hydrogen (secondary N) is 3. The van der Waals surface area contributed by atoms with Crippen LogP contribution in [0.2, 0.25) is 0 Å². The monoisotopic (exact) mass is 370 g/mol. The Morgan fingerprint density at radius 1 is 0.778 bits per heavy atom. The van der Waals surface area contributed by atoms with E-state index in [0.29, 0.717) is 6.42 Å². The fourth-order valence-corrected chi connectivity index (χ4v) is 3.01. The predicted molar refractivity (Wildman–Crippen MR) is 114 cm³/mol. The van der Waals surface area contributed by atoms with Crippen LogP contribution in [0.3, 0.4) is 0 Å². The second kappa shape index (κ2) is 13.3. The minimum absolute atomic E-state index is 0.0915. The molecule has 0 aliphatic heterocycles. The molecule has 5 nitrogen and oxygen atoms in total. The van der Waals surface area contributed by atoms with E-state index >= 15 is 0 Å². The molecule has 0 saturated heterocycles. The molecule has 0 unspecified atom stereocenters. The maximum atomic E-state index is 12.1. The first-order valence-electron chi connectivity index (χ1n) is 10.2. The lowest BCUT2D eigenvalue weighted by Gasteiger charge is -2.08. The molecular formula is C22H34N4O. The van der Waals surface area contributed by atoms with Gasteiger partial charge in [-0.25, -0.2) is 0 Å². The number of benzene rings is 2. The van der Waals surface area contributed by atoms with Crippen LogP contribution >= 0.6 is 0 Å². The van der Waals surface area contributed by atoms with Crippen LogP contribution in [0.4, 0.5) is 0 Å². The van der Waals surface area contributed by atoms with Gasteiger partial charge in [-0.1, -0.05) is 42.5 Å². The number of amides is 1. The van der Waals surface area contributed by atoms with Gasteiger partial charge in [-0.15, -0.1) is 0 Å². The van der Waals surface area contributed by atoms with Crippen molar-refractivity contribution in [1.29, 1.82) is 0 Å². The van der Waals surface area contributed by atoms with Crippen LogP contribution in [0.15, 0.2) is 42.5 Å². The van der Waals surface area contributed by atoms with Crippen LogP contribution < -0.4 is 21.7 Å². The third kappa shape index (κ3) is 9.00. The Bertz CT molecular complexity index is 674. The zero-order valence-corrected chi connectivity index (χ0v) is 16.3. The minimum Gasteiger partial charge on any atom is -0.356 e. The van der Waals surface area contributed by atoms with Gasteiger partial charge in [-0.3, -0.25) is 4.79 Å². The number of rotatable bonds is 14. The summed E-state index contributed by atoms with van der Waals surface area (Å²) < 4.78 is 0. The number of carbonyl (C=O) groups excluding carboxylic acids is 1. The number of carbonyl (C=O) groups is 1. The van der Waals surface area contributed by atoms with Crippen molar-refractivity contribution in [2.75, 3.05) is 39.3 Å². The van der Waals surface area contributed by atoms with Crippen LogP contribution in [-0.4, -0.2) is 45.2 Å². The second-order valence-corrected chi connectivity index (χ2v) is 6.91. The molecule has 0 spiro atoms. The zero-order valence-electron chi connectivity index (χ0n) is 16.3. The summed E-state index contributed by atoms with van der Waals surface area (Å²) in [5.74, 6) is 0.0915. The molecule has 0 aliphatic carbocycles. The van der Waals surface area contributed by atoms with Crippen molar-refractivity contribution < 1.29 is 4.79 Å². The Kier molecular flexibility index (Phi) is 10.5. The molecular weight excluding hydrogens is 336 g/mol. The van der Waals surface area contributed by atoms with Crippen LogP contribution in [0.1, 0.15) is 31.2 Å². The van der Waals surface area contributed by atoms with E-state index in [1.54, 1.807) is 0 Å². The van der Waals surface area contributed by atoms with Gasteiger partial charge in [0.05, 0.1) is 6.42 Å². The van der Waals surface area contributed by atoms with Gasteiger partial charge in [-0.05, 0) is 74.7 Å². The normalized spacial score (nSPS) is 11.0. The summed E-state index contributed by atoms with van der Waals surface area (Å²) in [5.41, 5.74) is 6.51. The number of hydrogen-bond acceptors (Lipinski definition) is 4. The van der Waals surface area contributed by atoms with Gasteiger partial charge in [0, 0.05) is 6.54 Å². The van der Waals surface area contributed by atoms with E-state index < -0.39 is 0 Å². The molecule has 1 amide bonds. The molecule has 5 N–H and O–H groups in total. The first-order chi connectivity index (χ1) is 13.3. The van der Waals surface area contributed by atoms with Crippen LogP contribution in [0, 0.1) is 0 Å². The van der Waals surface area contributed by atoms with Crippen LogP contribution in [-0.2, 0) is 11.2 Å². The molecule has 0 bridgehead atoms. The lowest BCUT2D eigenvalue weighted by Crippen LogP contribution is -2.29. The summed E-state index contributed by atoms with van der Waals surface area (Å²) in [6.45, 7) is 5.53. The van der Waals surface area contributed by atoms with Gasteiger partial charge in [0.1, 0.15) is 0 Å². The van der Waals surface area contributed by atoms with Gasteiger partial charge in [0.2, 0.25) is 5.91 Å². The Morgan fingerprint density at radius 3 is 2.19 bits per heavy atom. The highest BCUT2D eigenvalue weighted by Crippen LogP contribution is 2.15. The highest BCUT2D eigenvalue weighted by atomic mass is 16.1. The third-order valence-corrected chi connectivity index (χ3v) is 4.55.